The molecule has 4 heteroatoms. The second kappa shape index (κ2) is 6.49. The molecule has 2 rings (SSSR count). The van der Waals surface area contributed by atoms with E-state index in [1.54, 1.807) is 11.8 Å². The van der Waals surface area contributed by atoms with Crippen molar-refractivity contribution in [2.24, 2.45) is 0 Å². The van der Waals surface area contributed by atoms with Crippen LogP contribution < -0.4 is 5.32 Å². The van der Waals surface area contributed by atoms with Crippen LogP contribution >= 0.6 is 23.4 Å². The van der Waals surface area contributed by atoms with Gasteiger partial charge in [0.15, 0.2) is 0 Å². The first kappa shape index (κ1) is 15.2. The molecule has 1 aromatic carbocycles. The summed E-state index contributed by atoms with van der Waals surface area (Å²) in [4.78, 5) is 0. The van der Waals surface area contributed by atoms with Crippen LogP contribution in [-0.4, -0.2) is 35.3 Å². The van der Waals surface area contributed by atoms with E-state index in [0.29, 0.717) is 18.5 Å². The number of thioether (sulfide) groups is 1. The van der Waals surface area contributed by atoms with Gasteiger partial charge in [0.2, 0.25) is 0 Å². The summed E-state index contributed by atoms with van der Waals surface area (Å²) >= 11 is 7.69. The van der Waals surface area contributed by atoms with Gasteiger partial charge in [-0.2, -0.15) is 11.8 Å². The maximum Gasteiger partial charge on any atom is 0.0833 e. The predicted octanol–water partition coefficient (Wildman–Crippen LogP) is 3.29. The van der Waals surface area contributed by atoms with Crippen LogP contribution in [0.25, 0.3) is 0 Å². The Bertz CT molecular complexity index is 418. The summed E-state index contributed by atoms with van der Waals surface area (Å²) in [5.41, 5.74) is 0.724. The molecule has 0 spiro atoms. The number of halogens is 1. The summed E-state index contributed by atoms with van der Waals surface area (Å²) in [6.07, 6.45) is 4.29. The molecular weight excluding hydrogens is 278 g/mol. The van der Waals surface area contributed by atoms with Crippen molar-refractivity contribution >= 4 is 23.4 Å². The zero-order valence-corrected chi connectivity index (χ0v) is 13.1. The lowest BCUT2D eigenvalue weighted by atomic mass is 9.76. The third-order valence-corrected chi connectivity index (χ3v) is 4.83. The number of aliphatic hydroxyl groups is 1. The van der Waals surface area contributed by atoms with Gasteiger partial charge in [0.05, 0.1) is 5.60 Å². The number of hydrogen-bond donors (Lipinski definition) is 2. The minimum atomic E-state index is -0.611. The standard InChI is InChI=1S/C15H22ClNOS/c1-15(18,10-19-2)9-17-14-7-12(8-14)11-4-3-5-13(16)6-11/h3-6,12,14,17-18H,7-10H2,1-2H3. The van der Waals surface area contributed by atoms with Crippen LogP contribution in [0.15, 0.2) is 24.3 Å². The monoisotopic (exact) mass is 299 g/mol. The SMILES string of the molecule is CSCC(C)(O)CNC1CC(c2cccc(Cl)c2)C1. The van der Waals surface area contributed by atoms with Gasteiger partial charge in [-0.25, -0.2) is 0 Å². The minimum Gasteiger partial charge on any atom is -0.388 e. The molecule has 0 radical (unpaired) electrons. The van der Waals surface area contributed by atoms with E-state index in [4.69, 9.17) is 11.6 Å². The van der Waals surface area contributed by atoms with E-state index in [0.717, 1.165) is 23.6 Å². The van der Waals surface area contributed by atoms with E-state index in [9.17, 15) is 5.11 Å². The second-order valence-electron chi connectivity index (χ2n) is 5.73. The molecule has 1 fully saturated rings. The van der Waals surface area contributed by atoms with E-state index in [1.165, 1.54) is 5.56 Å². The lowest BCUT2D eigenvalue weighted by Gasteiger charge is -2.38. The van der Waals surface area contributed by atoms with Crippen molar-refractivity contribution in [1.29, 1.82) is 0 Å². The lowest BCUT2D eigenvalue weighted by Crippen LogP contribution is -2.48. The third-order valence-electron chi connectivity index (χ3n) is 3.69. The fourth-order valence-corrected chi connectivity index (χ4v) is 3.47. The van der Waals surface area contributed by atoms with Gasteiger partial charge in [-0.15, -0.1) is 0 Å². The predicted molar refractivity (Wildman–Crippen MR) is 84.2 cm³/mol. The first-order valence-corrected chi connectivity index (χ1v) is 8.47. The van der Waals surface area contributed by atoms with Gasteiger partial charge in [-0.05, 0) is 49.6 Å². The van der Waals surface area contributed by atoms with Crippen molar-refractivity contribution in [3.05, 3.63) is 34.9 Å². The van der Waals surface area contributed by atoms with Gasteiger partial charge in [-0.1, -0.05) is 23.7 Å². The van der Waals surface area contributed by atoms with Crippen molar-refractivity contribution in [3.63, 3.8) is 0 Å². The number of benzene rings is 1. The number of nitrogens with one attached hydrogen (secondary N) is 1. The maximum absolute atomic E-state index is 10.1. The number of rotatable bonds is 6. The lowest BCUT2D eigenvalue weighted by molar-refractivity contribution is 0.0756. The van der Waals surface area contributed by atoms with Gasteiger partial charge in [0.1, 0.15) is 0 Å². The highest BCUT2D eigenvalue weighted by atomic mass is 35.5. The summed E-state index contributed by atoms with van der Waals surface area (Å²) in [6, 6.07) is 8.67. The molecule has 1 atom stereocenters. The molecule has 2 nitrogen and oxygen atoms in total. The van der Waals surface area contributed by atoms with Crippen LogP contribution in [0.1, 0.15) is 31.2 Å². The van der Waals surface area contributed by atoms with Crippen LogP contribution in [0.2, 0.25) is 5.02 Å². The van der Waals surface area contributed by atoms with Crippen LogP contribution in [-0.2, 0) is 0 Å². The van der Waals surface area contributed by atoms with Crippen molar-refractivity contribution < 1.29 is 5.11 Å². The summed E-state index contributed by atoms with van der Waals surface area (Å²) in [5, 5.41) is 14.4. The van der Waals surface area contributed by atoms with Gasteiger partial charge in [0, 0.05) is 23.4 Å². The molecule has 2 N–H and O–H groups in total. The Kier molecular flexibility index (Phi) is 5.18. The largest absolute Gasteiger partial charge is 0.388 e. The first-order chi connectivity index (χ1) is 9.00. The first-order valence-electron chi connectivity index (χ1n) is 6.70. The molecule has 0 aliphatic heterocycles. The molecule has 0 bridgehead atoms. The molecule has 1 aromatic rings. The molecule has 0 amide bonds. The van der Waals surface area contributed by atoms with Crippen molar-refractivity contribution in [3.8, 4) is 0 Å². The quantitative estimate of drug-likeness (QED) is 0.845. The smallest absolute Gasteiger partial charge is 0.0833 e. The number of hydrogen-bond acceptors (Lipinski definition) is 3. The summed E-state index contributed by atoms with van der Waals surface area (Å²) in [5.74, 6) is 1.38. The van der Waals surface area contributed by atoms with E-state index >= 15 is 0 Å². The zero-order chi connectivity index (χ0) is 13.9. The Hall–Kier alpha value is -0.220. The van der Waals surface area contributed by atoms with Crippen LogP contribution in [0, 0.1) is 0 Å². The molecule has 0 saturated heterocycles. The highest BCUT2D eigenvalue weighted by molar-refractivity contribution is 7.98. The minimum absolute atomic E-state index is 0.525. The zero-order valence-electron chi connectivity index (χ0n) is 11.5. The molecule has 1 saturated carbocycles. The average Bonchev–Trinajstić information content (AvgIpc) is 2.26. The molecule has 1 unspecified atom stereocenters. The van der Waals surface area contributed by atoms with Crippen molar-refractivity contribution in [1.82, 2.24) is 5.32 Å². The topological polar surface area (TPSA) is 32.3 Å². The second-order valence-corrected chi connectivity index (χ2v) is 7.03. The van der Waals surface area contributed by atoms with E-state index < -0.39 is 5.60 Å². The highest BCUT2D eigenvalue weighted by Crippen LogP contribution is 2.37. The Morgan fingerprint density at radius 2 is 2.21 bits per heavy atom. The third kappa shape index (κ3) is 4.38. The maximum atomic E-state index is 10.1. The molecule has 106 valence electrons. The fourth-order valence-electron chi connectivity index (χ4n) is 2.54. The van der Waals surface area contributed by atoms with Crippen molar-refractivity contribution in [2.75, 3.05) is 18.6 Å². The summed E-state index contributed by atoms with van der Waals surface area (Å²) in [7, 11) is 0. The van der Waals surface area contributed by atoms with Crippen LogP contribution in [0.3, 0.4) is 0 Å². The molecular formula is C15H22ClNOS. The van der Waals surface area contributed by atoms with Gasteiger partial charge in [-0.3, -0.25) is 0 Å². The Balaban J connectivity index is 1.75. The molecule has 1 aliphatic rings. The fraction of sp³-hybridized carbons (Fsp3) is 0.600. The Morgan fingerprint density at radius 3 is 2.84 bits per heavy atom. The van der Waals surface area contributed by atoms with Gasteiger partial charge in [0.25, 0.3) is 0 Å². The van der Waals surface area contributed by atoms with Crippen LogP contribution in [0.5, 0.6) is 0 Å². The van der Waals surface area contributed by atoms with Gasteiger partial charge < -0.3 is 10.4 Å². The molecule has 19 heavy (non-hydrogen) atoms. The van der Waals surface area contributed by atoms with Gasteiger partial charge >= 0.3 is 0 Å². The van der Waals surface area contributed by atoms with E-state index in [2.05, 4.69) is 17.4 Å². The van der Waals surface area contributed by atoms with Crippen molar-refractivity contribution in [2.45, 2.75) is 37.3 Å². The Morgan fingerprint density at radius 1 is 1.47 bits per heavy atom. The van der Waals surface area contributed by atoms with E-state index in [-0.39, 0.29) is 0 Å². The molecule has 1 aliphatic carbocycles. The van der Waals surface area contributed by atoms with E-state index in [1.807, 2.05) is 25.3 Å². The summed E-state index contributed by atoms with van der Waals surface area (Å²) < 4.78 is 0. The molecule has 0 aromatic heterocycles. The normalized spacial score (nSPS) is 25.7. The van der Waals surface area contributed by atoms with Crippen LogP contribution in [0.4, 0.5) is 0 Å². The Labute approximate surface area is 124 Å². The average molecular weight is 300 g/mol. The molecule has 0 heterocycles. The summed E-state index contributed by atoms with van der Waals surface area (Å²) in [6.45, 7) is 2.56. The highest BCUT2D eigenvalue weighted by Gasteiger charge is 2.31.